The molecule has 6 heteroatoms. The molecule has 18 heavy (non-hydrogen) atoms. The molecule has 96 valence electrons. The number of hydrogen-bond donors (Lipinski definition) is 1. The second-order valence-corrected chi connectivity index (χ2v) is 5.07. The van der Waals surface area contributed by atoms with Gasteiger partial charge >= 0.3 is 0 Å². The van der Waals surface area contributed by atoms with Gasteiger partial charge in [-0.05, 0) is 25.1 Å². The molecule has 1 aromatic heterocycles. The van der Waals surface area contributed by atoms with Crippen molar-refractivity contribution in [3.63, 3.8) is 0 Å². The van der Waals surface area contributed by atoms with E-state index in [-0.39, 0.29) is 12.4 Å². The zero-order valence-corrected chi connectivity index (χ0v) is 12.0. The molecule has 0 saturated carbocycles. The van der Waals surface area contributed by atoms with Gasteiger partial charge in [0.15, 0.2) is 0 Å². The Hall–Kier alpha value is -0.910. The second-order valence-electron chi connectivity index (χ2n) is 4.16. The van der Waals surface area contributed by atoms with Crippen molar-refractivity contribution < 1.29 is 4.52 Å². The lowest BCUT2D eigenvalue weighted by Gasteiger charge is -1.98. The van der Waals surface area contributed by atoms with Gasteiger partial charge in [-0.2, -0.15) is 4.98 Å². The minimum absolute atomic E-state index is 0. The summed E-state index contributed by atoms with van der Waals surface area (Å²) in [6.45, 7) is 1.96. The first-order valence-corrected chi connectivity index (χ1v) is 6.42. The maximum atomic E-state index is 5.33. The fourth-order valence-electron chi connectivity index (χ4n) is 2.01. The quantitative estimate of drug-likeness (QED) is 0.919. The third-order valence-electron chi connectivity index (χ3n) is 2.93. The Balaban J connectivity index is 0.00000120. The summed E-state index contributed by atoms with van der Waals surface area (Å²) in [7, 11) is 0. The maximum Gasteiger partial charge on any atom is 0.231 e. The molecule has 2 aromatic rings. The molecular weight excluding hydrogens is 318 g/mol. The fraction of sp³-hybridized carbons (Fsp3) is 0.333. The van der Waals surface area contributed by atoms with Crippen molar-refractivity contribution in [2.45, 2.75) is 12.3 Å². The van der Waals surface area contributed by atoms with Gasteiger partial charge in [0.25, 0.3) is 0 Å². The van der Waals surface area contributed by atoms with Gasteiger partial charge in [0.1, 0.15) is 0 Å². The van der Waals surface area contributed by atoms with Gasteiger partial charge in [-0.3, -0.25) is 0 Å². The Morgan fingerprint density at radius 1 is 1.39 bits per heavy atom. The van der Waals surface area contributed by atoms with Crippen LogP contribution in [0.4, 0.5) is 0 Å². The molecule has 1 fully saturated rings. The summed E-state index contributed by atoms with van der Waals surface area (Å²) >= 11 is 3.44. The lowest BCUT2D eigenvalue weighted by Crippen LogP contribution is -2.08. The Bertz CT molecular complexity index is 526. The van der Waals surface area contributed by atoms with Crippen molar-refractivity contribution in [2.24, 2.45) is 0 Å². The number of halogens is 2. The van der Waals surface area contributed by atoms with Gasteiger partial charge in [-0.15, -0.1) is 12.4 Å². The monoisotopic (exact) mass is 329 g/mol. The van der Waals surface area contributed by atoms with Gasteiger partial charge in [0.05, 0.1) is 5.92 Å². The molecule has 1 saturated heterocycles. The van der Waals surface area contributed by atoms with Gasteiger partial charge in [0, 0.05) is 16.6 Å². The molecule has 0 spiro atoms. The van der Waals surface area contributed by atoms with E-state index in [9.17, 15) is 0 Å². The number of benzene rings is 1. The predicted molar refractivity (Wildman–Crippen MR) is 74.9 cm³/mol. The third kappa shape index (κ3) is 2.74. The van der Waals surface area contributed by atoms with Crippen LogP contribution in [0.3, 0.4) is 0 Å². The van der Waals surface area contributed by atoms with Crippen LogP contribution in [0.1, 0.15) is 18.2 Å². The molecule has 0 aliphatic carbocycles. The molecule has 1 unspecified atom stereocenters. The number of aromatic nitrogens is 2. The van der Waals surface area contributed by atoms with Crippen molar-refractivity contribution in [1.82, 2.24) is 15.5 Å². The summed E-state index contributed by atoms with van der Waals surface area (Å²) in [5.41, 5.74) is 0.973. The van der Waals surface area contributed by atoms with E-state index >= 15 is 0 Å². The van der Waals surface area contributed by atoms with Crippen LogP contribution in [0, 0.1) is 0 Å². The molecular formula is C12H13BrClN3O. The normalized spacial score (nSPS) is 18.6. The van der Waals surface area contributed by atoms with Crippen LogP contribution < -0.4 is 5.32 Å². The van der Waals surface area contributed by atoms with Crippen LogP contribution in [0.2, 0.25) is 0 Å². The lowest BCUT2D eigenvalue weighted by atomic mass is 10.1. The van der Waals surface area contributed by atoms with Gasteiger partial charge in [-0.1, -0.05) is 33.2 Å². The molecule has 1 aliphatic rings. The highest BCUT2D eigenvalue weighted by Crippen LogP contribution is 2.25. The highest BCUT2D eigenvalue weighted by molar-refractivity contribution is 9.10. The number of nitrogens with one attached hydrogen (secondary N) is 1. The van der Waals surface area contributed by atoms with Crippen LogP contribution in [0.5, 0.6) is 0 Å². The third-order valence-corrected chi connectivity index (χ3v) is 3.43. The first kappa shape index (κ1) is 13.5. The zero-order chi connectivity index (χ0) is 11.7. The van der Waals surface area contributed by atoms with Crippen LogP contribution in [-0.2, 0) is 0 Å². The van der Waals surface area contributed by atoms with Crippen LogP contribution >= 0.6 is 28.3 Å². The predicted octanol–water partition coefficient (Wildman–Crippen LogP) is 3.00. The highest BCUT2D eigenvalue weighted by atomic mass is 79.9. The first-order chi connectivity index (χ1) is 8.33. The van der Waals surface area contributed by atoms with E-state index in [4.69, 9.17) is 4.52 Å². The van der Waals surface area contributed by atoms with Gasteiger partial charge in [-0.25, -0.2) is 0 Å². The first-order valence-electron chi connectivity index (χ1n) is 5.63. The maximum absolute atomic E-state index is 5.33. The molecule has 1 aromatic carbocycles. The van der Waals surface area contributed by atoms with Crippen molar-refractivity contribution in [1.29, 1.82) is 0 Å². The van der Waals surface area contributed by atoms with Crippen LogP contribution in [0.15, 0.2) is 33.3 Å². The molecule has 2 heterocycles. The molecule has 0 radical (unpaired) electrons. The van der Waals surface area contributed by atoms with Gasteiger partial charge < -0.3 is 9.84 Å². The topological polar surface area (TPSA) is 51.0 Å². The van der Waals surface area contributed by atoms with Crippen molar-refractivity contribution >= 4 is 28.3 Å². The lowest BCUT2D eigenvalue weighted by molar-refractivity contribution is 0.359. The molecule has 4 nitrogen and oxygen atoms in total. The zero-order valence-electron chi connectivity index (χ0n) is 9.60. The van der Waals surface area contributed by atoms with Crippen molar-refractivity contribution in [2.75, 3.05) is 13.1 Å². The summed E-state index contributed by atoms with van der Waals surface area (Å²) in [6.07, 6.45) is 1.07. The standard InChI is InChI=1S/C12H12BrN3O.ClH/c13-10-3-1-2-8(6-10)11-15-12(17-16-11)9-4-5-14-7-9;/h1-3,6,9,14H,4-5,7H2;1H. The average Bonchev–Trinajstić information content (AvgIpc) is 3.00. The Kier molecular flexibility index (Phi) is 4.37. The molecule has 1 N–H and O–H groups in total. The smallest absolute Gasteiger partial charge is 0.231 e. The summed E-state index contributed by atoms with van der Waals surface area (Å²) in [5, 5.41) is 7.33. The second kappa shape index (κ2) is 5.82. The van der Waals surface area contributed by atoms with E-state index in [0.29, 0.717) is 11.7 Å². The van der Waals surface area contributed by atoms with E-state index in [2.05, 4.69) is 31.4 Å². The highest BCUT2D eigenvalue weighted by Gasteiger charge is 2.22. The number of rotatable bonds is 2. The van der Waals surface area contributed by atoms with E-state index in [1.54, 1.807) is 0 Å². The number of hydrogen-bond acceptors (Lipinski definition) is 4. The molecule has 1 atom stereocenters. The van der Waals surface area contributed by atoms with Crippen molar-refractivity contribution in [3.8, 4) is 11.4 Å². The van der Waals surface area contributed by atoms with Gasteiger partial charge in [0.2, 0.25) is 11.7 Å². The van der Waals surface area contributed by atoms with E-state index < -0.39 is 0 Å². The minimum atomic E-state index is 0. The Morgan fingerprint density at radius 3 is 3.00 bits per heavy atom. The number of nitrogens with zero attached hydrogens (tertiary/aromatic N) is 2. The molecule has 3 rings (SSSR count). The SMILES string of the molecule is Brc1cccc(-c2noc(C3CCNC3)n2)c1.Cl. The van der Waals surface area contributed by atoms with Crippen LogP contribution in [0.25, 0.3) is 11.4 Å². The van der Waals surface area contributed by atoms with E-state index in [1.807, 2.05) is 24.3 Å². The minimum Gasteiger partial charge on any atom is -0.339 e. The summed E-state index contributed by atoms with van der Waals surface area (Å²) in [4.78, 5) is 4.46. The average molecular weight is 331 g/mol. The summed E-state index contributed by atoms with van der Waals surface area (Å²) < 4.78 is 6.34. The summed E-state index contributed by atoms with van der Waals surface area (Å²) in [5.74, 6) is 1.77. The summed E-state index contributed by atoms with van der Waals surface area (Å²) in [6, 6.07) is 7.91. The van der Waals surface area contributed by atoms with Crippen LogP contribution in [-0.4, -0.2) is 23.2 Å². The van der Waals surface area contributed by atoms with E-state index in [1.165, 1.54) is 0 Å². The van der Waals surface area contributed by atoms with Crippen molar-refractivity contribution in [3.05, 3.63) is 34.6 Å². The fourth-order valence-corrected chi connectivity index (χ4v) is 2.41. The molecule has 0 bridgehead atoms. The Labute approximate surface area is 120 Å². The Morgan fingerprint density at radius 2 is 2.28 bits per heavy atom. The largest absolute Gasteiger partial charge is 0.339 e. The molecule has 1 aliphatic heterocycles. The molecule has 0 amide bonds. The van der Waals surface area contributed by atoms with E-state index in [0.717, 1.165) is 35.4 Å².